The van der Waals surface area contributed by atoms with Crippen LogP contribution in [-0.2, 0) is 16.3 Å². The van der Waals surface area contributed by atoms with Gasteiger partial charge in [0.15, 0.2) is 20.4 Å². The van der Waals surface area contributed by atoms with Gasteiger partial charge < -0.3 is 5.73 Å². The zero-order valence-corrected chi connectivity index (χ0v) is 14.6. The van der Waals surface area contributed by atoms with Gasteiger partial charge in [-0.1, -0.05) is 0 Å². The second kappa shape index (κ2) is 5.53. The van der Waals surface area contributed by atoms with Crippen molar-refractivity contribution in [3.8, 4) is 0 Å². The normalized spacial score (nSPS) is 12.0. The minimum Gasteiger partial charge on any atom is -0.396 e. The number of hydrogen-bond acceptors (Lipinski definition) is 8. The SMILES string of the molecule is Cc1nc2nonc2c(N)c1Cc1ccc(Br)c(S(C)(=O)=O)n1. The van der Waals surface area contributed by atoms with E-state index in [1.54, 1.807) is 19.1 Å². The van der Waals surface area contributed by atoms with E-state index in [9.17, 15) is 8.42 Å². The van der Waals surface area contributed by atoms with E-state index in [0.717, 1.165) is 6.26 Å². The Bertz CT molecular complexity index is 1020. The van der Waals surface area contributed by atoms with Crippen LogP contribution in [0.15, 0.2) is 26.3 Å². The van der Waals surface area contributed by atoms with Crippen LogP contribution in [0.5, 0.6) is 0 Å². The summed E-state index contributed by atoms with van der Waals surface area (Å²) < 4.78 is 28.6. The van der Waals surface area contributed by atoms with E-state index < -0.39 is 9.84 Å². The van der Waals surface area contributed by atoms with Crippen LogP contribution < -0.4 is 5.73 Å². The molecule has 0 saturated carbocycles. The number of anilines is 1. The minimum atomic E-state index is -3.44. The number of pyridine rings is 2. The topological polar surface area (TPSA) is 125 Å². The highest BCUT2D eigenvalue weighted by Gasteiger charge is 2.18. The maximum Gasteiger partial charge on any atom is 0.226 e. The third kappa shape index (κ3) is 2.91. The number of fused-ring (bicyclic) bond motifs is 1. The number of nitrogen functional groups attached to an aromatic ring is 1. The van der Waals surface area contributed by atoms with Gasteiger partial charge >= 0.3 is 0 Å². The van der Waals surface area contributed by atoms with Gasteiger partial charge in [0, 0.05) is 29.6 Å². The van der Waals surface area contributed by atoms with E-state index in [1.807, 2.05) is 0 Å². The lowest BCUT2D eigenvalue weighted by molar-refractivity contribution is 0.315. The van der Waals surface area contributed by atoms with Gasteiger partial charge in [0.1, 0.15) is 0 Å². The maximum atomic E-state index is 11.8. The average Bonchev–Trinajstić information content (AvgIpc) is 2.92. The molecule has 0 radical (unpaired) electrons. The first kappa shape index (κ1) is 15.8. The molecule has 0 amide bonds. The molecule has 3 aromatic heterocycles. The Balaban J connectivity index is 2.09. The highest BCUT2D eigenvalue weighted by molar-refractivity contribution is 9.10. The van der Waals surface area contributed by atoms with Gasteiger partial charge in [-0.3, -0.25) is 0 Å². The maximum absolute atomic E-state index is 11.8. The second-order valence-corrected chi connectivity index (χ2v) is 7.85. The molecule has 3 rings (SSSR count). The van der Waals surface area contributed by atoms with Crippen LogP contribution >= 0.6 is 15.9 Å². The van der Waals surface area contributed by atoms with Crippen molar-refractivity contribution in [1.82, 2.24) is 20.3 Å². The van der Waals surface area contributed by atoms with Gasteiger partial charge in [0.05, 0.1) is 10.2 Å². The Kier molecular flexibility index (Phi) is 3.80. The van der Waals surface area contributed by atoms with Crippen molar-refractivity contribution in [2.45, 2.75) is 18.4 Å². The molecule has 8 nitrogen and oxygen atoms in total. The van der Waals surface area contributed by atoms with Crippen LogP contribution in [0.2, 0.25) is 0 Å². The molecule has 0 unspecified atom stereocenters. The second-order valence-electron chi connectivity index (χ2n) is 5.06. The number of halogens is 1. The first-order valence-electron chi connectivity index (χ1n) is 6.50. The highest BCUT2D eigenvalue weighted by atomic mass is 79.9. The zero-order chi connectivity index (χ0) is 16.8. The largest absolute Gasteiger partial charge is 0.396 e. The highest BCUT2D eigenvalue weighted by Crippen LogP contribution is 2.26. The molecule has 0 bridgehead atoms. The number of nitrogens with two attached hydrogens (primary N) is 1. The Morgan fingerprint density at radius 1 is 1.26 bits per heavy atom. The summed E-state index contributed by atoms with van der Waals surface area (Å²) in [6, 6.07) is 3.37. The first-order valence-corrected chi connectivity index (χ1v) is 9.18. The summed E-state index contributed by atoms with van der Waals surface area (Å²) >= 11 is 3.20. The third-order valence-electron chi connectivity index (χ3n) is 3.34. The summed E-state index contributed by atoms with van der Waals surface area (Å²) in [4.78, 5) is 8.49. The molecule has 10 heteroatoms. The van der Waals surface area contributed by atoms with Crippen LogP contribution in [0.25, 0.3) is 11.2 Å². The van der Waals surface area contributed by atoms with Crippen molar-refractivity contribution in [3.63, 3.8) is 0 Å². The smallest absolute Gasteiger partial charge is 0.226 e. The number of nitrogens with zero attached hydrogens (tertiary/aromatic N) is 4. The van der Waals surface area contributed by atoms with Crippen molar-refractivity contribution in [2.24, 2.45) is 0 Å². The number of aryl methyl sites for hydroxylation is 1. The molecule has 3 aromatic rings. The van der Waals surface area contributed by atoms with Crippen LogP contribution in [0.3, 0.4) is 0 Å². The average molecular weight is 398 g/mol. The van der Waals surface area contributed by atoms with Crippen LogP contribution in [0.4, 0.5) is 5.69 Å². The van der Waals surface area contributed by atoms with E-state index in [4.69, 9.17) is 5.73 Å². The van der Waals surface area contributed by atoms with Gasteiger partial charge in [-0.15, -0.1) is 0 Å². The number of rotatable bonds is 3. The molecule has 0 aliphatic heterocycles. The summed E-state index contributed by atoms with van der Waals surface area (Å²) in [5.41, 5.74) is 9.16. The van der Waals surface area contributed by atoms with Crippen LogP contribution in [0, 0.1) is 6.92 Å². The van der Waals surface area contributed by atoms with Gasteiger partial charge in [-0.2, -0.15) is 0 Å². The summed E-state index contributed by atoms with van der Waals surface area (Å²) in [5.74, 6) is 0. The van der Waals surface area contributed by atoms with E-state index in [1.165, 1.54) is 0 Å². The molecular formula is C13H12BrN5O3S. The summed E-state index contributed by atoms with van der Waals surface area (Å²) in [5, 5.41) is 7.39. The standard InChI is InChI=1S/C13H12BrN5O3S/c1-6-8(10(15)11-12(16-6)19-22-18-11)5-7-3-4-9(14)13(17-7)23(2,20)21/h3-4H,5,15H2,1-2H3. The van der Waals surface area contributed by atoms with Crippen molar-refractivity contribution >= 4 is 42.6 Å². The summed E-state index contributed by atoms with van der Waals surface area (Å²) in [7, 11) is -3.44. The Morgan fingerprint density at radius 3 is 2.70 bits per heavy atom. The van der Waals surface area contributed by atoms with E-state index in [2.05, 4.69) is 40.8 Å². The quantitative estimate of drug-likeness (QED) is 0.706. The molecule has 2 N–H and O–H groups in total. The lowest BCUT2D eigenvalue weighted by Gasteiger charge is -2.10. The molecule has 23 heavy (non-hydrogen) atoms. The summed E-state index contributed by atoms with van der Waals surface area (Å²) in [6.45, 7) is 1.79. The van der Waals surface area contributed by atoms with Crippen molar-refractivity contribution < 1.29 is 13.0 Å². The van der Waals surface area contributed by atoms with E-state index >= 15 is 0 Å². The fraction of sp³-hybridized carbons (Fsp3) is 0.231. The number of aromatic nitrogens is 4. The molecule has 0 spiro atoms. The fourth-order valence-corrected chi connectivity index (χ4v) is 4.02. The van der Waals surface area contributed by atoms with Gasteiger partial charge in [-0.05, 0) is 45.3 Å². The van der Waals surface area contributed by atoms with Gasteiger partial charge in [-0.25, -0.2) is 23.0 Å². The predicted molar refractivity (Wildman–Crippen MR) is 86.6 cm³/mol. The van der Waals surface area contributed by atoms with E-state index in [-0.39, 0.29) is 5.03 Å². The molecule has 120 valence electrons. The minimum absolute atomic E-state index is 0.0108. The Morgan fingerprint density at radius 2 is 2.00 bits per heavy atom. The first-order chi connectivity index (χ1) is 10.8. The van der Waals surface area contributed by atoms with Crippen molar-refractivity contribution in [1.29, 1.82) is 0 Å². The molecule has 0 atom stereocenters. The predicted octanol–water partition coefficient (Wildman–Crippen LogP) is 1.66. The Labute approximate surface area is 140 Å². The molecular weight excluding hydrogens is 386 g/mol. The third-order valence-corrected chi connectivity index (χ3v) is 5.26. The Hall–Kier alpha value is -2.07. The van der Waals surface area contributed by atoms with Crippen molar-refractivity contribution in [2.75, 3.05) is 12.0 Å². The summed E-state index contributed by atoms with van der Waals surface area (Å²) in [6.07, 6.45) is 1.43. The van der Waals surface area contributed by atoms with Gasteiger partial charge in [0.2, 0.25) is 5.65 Å². The molecule has 0 aliphatic carbocycles. The zero-order valence-electron chi connectivity index (χ0n) is 12.2. The van der Waals surface area contributed by atoms with Crippen LogP contribution in [-0.4, -0.2) is 35.0 Å². The van der Waals surface area contributed by atoms with Crippen molar-refractivity contribution in [3.05, 3.63) is 33.6 Å². The number of sulfone groups is 1. The molecule has 3 heterocycles. The molecule has 0 fully saturated rings. The monoisotopic (exact) mass is 397 g/mol. The lowest BCUT2D eigenvalue weighted by Crippen LogP contribution is -2.07. The molecule has 0 saturated heterocycles. The number of hydrogen-bond donors (Lipinski definition) is 1. The lowest BCUT2D eigenvalue weighted by atomic mass is 10.1. The van der Waals surface area contributed by atoms with Crippen LogP contribution in [0.1, 0.15) is 17.0 Å². The van der Waals surface area contributed by atoms with E-state index in [0.29, 0.717) is 44.7 Å². The molecule has 0 aromatic carbocycles. The molecule has 0 aliphatic rings. The van der Waals surface area contributed by atoms with Gasteiger partial charge in [0.25, 0.3) is 0 Å². The fourth-order valence-electron chi connectivity index (χ4n) is 2.22.